The molecule has 0 radical (unpaired) electrons. The molecular weight excluding hydrogens is 295 g/mol. The predicted molar refractivity (Wildman–Crippen MR) is 88.3 cm³/mol. The van der Waals surface area contributed by atoms with Crippen LogP contribution >= 0.6 is 11.8 Å². The fraction of sp³-hybridized carbons (Fsp3) is 0.333. The van der Waals surface area contributed by atoms with Gasteiger partial charge in [0, 0.05) is 23.0 Å². The van der Waals surface area contributed by atoms with E-state index in [-0.39, 0.29) is 23.9 Å². The molecular formula is C18H19FN2S. The normalized spacial score (nSPS) is 26.5. The van der Waals surface area contributed by atoms with Crippen LogP contribution in [0.1, 0.15) is 47.7 Å². The van der Waals surface area contributed by atoms with Crippen molar-refractivity contribution in [1.82, 2.24) is 5.32 Å². The Morgan fingerprint density at radius 3 is 2.73 bits per heavy atom. The lowest BCUT2D eigenvalue weighted by atomic mass is 10.0. The molecule has 0 saturated heterocycles. The second kappa shape index (κ2) is 5.69. The first-order chi connectivity index (χ1) is 10.7. The van der Waals surface area contributed by atoms with Gasteiger partial charge in [0.2, 0.25) is 0 Å². The predicted octanol–water partition coefficient (Wildman–Crippen LogP) is 4.10. The number of rotatable bonds is 2. The summed E-state index contributed by atoms with van der Waals surface area (Å²) in [5.41, 5.74) is 9.89. The third kappa shape index (κ3) is 2.45. The molecule has 0 aromatic heterocycles. The second-order valence-electron chi connectivity index (χ2n) is 6.06. The maximum absolute atomic E-state index is 13.6. The monoisotopic (exact) mass is 314 g/mol. The number of benzene rings is 2. The number of nitrogens with one attached hydrogen (secondary N) is 1. The van der Waals surface area contributed by atoms with Gasteiger partial charge < -0.3 is 11.1 Å². The molecule has 3 atom stereocenters. The van der Waals surface area contributed by atoms with E-state index in [2.05, 4.69) is 23.5 Å². The lowest BCUT2D eigenvalue weighted by Gasteiger charge is -2.29. The van der Waals surface area contributed by atoms with Crippen molar-refractivity contribution in [3.8, 4) is 0 Å². The Hall–Kier alpha value is -1.36. The third-order valence-corrected chi connectivity index (χ3v) is 5.80. The zero-order chi connectivity index (χ0) is 15.1. The molecule has 3 N–H and O–H groups in total. The van der Waals surface area contributed by atoms with E-state index >= 15 is 0 Å². The van der Waals surface area contributed by atoms with Crippen molar-refractivity contribution in [2.75, 3.05) is 5.75 Å². The summed E-state index contributed by atoms with van der Waals surface area (Å²) in [6.45, 7) is 0. The van der Waals surface area contributed by atoms with Gasteiger partial charge in [-0.15, -0.1) is 11.8 Å². The Morgan fingerprint density at radius 2 is 1.86 bits per heavy atom. The summed E-state index contributed by atoms with van der Waals surface area (Å²) < 4.78 is 13.6. The number of thioether (sulfide) groups is 1. The van der Waals surface area contributed by atoms with E-state index in [0.29, 0.717) is 0 Å². The van der Waals surface area contributed by atoms with Gasteiger partial charge in [0.05, 0.1) is 0 Å². The number of fused-ring (bicyclic) bond motifs is 2. The molecule has 4 heteroatoms. The number of hydrogen-bond acceptors (Lipinski definition) is 3. The van der Waals surface area contributed by atoms with Crippen molar-refractivity contribution in [2.24, 2.45) is 5.73 Å². The second-order valence-corrected chi connectivity index (χ2v) is 7.20. The lowest BCUT2D eigenvalue weighted by molar-refractivity contribution is 0.412. The summed E-state index contributed by atoms with van der Waals surface area (Å²) >= 11 is 1.81. The maximum Gasteiger partial charge on any atom is 0.123 e. The smallest absolute Gasteiger partial charge is 0.123 e. The minimum Gasteiger partial charge on any atom is -0.324 e. The highest BCUT2D eigenvalue weighted by molar-refractivity contribution is 7.99. The largest absolute Gasteiger partial charge is 0.324 e. The van der Waals surface area contributed by atoms with E-state index < -0.39 is 0 Å². The highest BCUT2D eigenvalue weighted by Crippen LogP contribution is 2.42. The first kappa shape index (κ1) is 14.2. The van der Waals surface area contributed by atoms with Gasteiger partial charge in [0.25, 0.3) is 0 Å². The first-order valence-electron chi connectivity index (χ1n) is 7.75. The summed E-state index contributed by atoms with van der Waals surface area (Å²) in [5, 5.41) is 3.73. The molecule has 0 amide bonds. The molecule has 2 aliphatic rings. The summed E-state index contributed by atoms with van der Waals surface area (Å²) in [5.74, 6) is 0.910. The van der Waals surface area contributed by atoms with Crippen molar-refractivity contribution in [3.63, 3.8) is 0 Å². The van der Waals surface area contributed by atoms with Gasteiger partial charge in [-0.3, -0.25) is 0 Å². The van der Waals surface area contributed by atoms with E-state index in [9.17, 15) is 4.39 Å². The molecule has 4 rings (SSSR count). The van der Waals surface area contributed by atoms with Crippen LogP contribution in [0.3, 0.4) is 0 Å². The molecule has 0 fully saturated rings. The average molecular weight is 314 g/mol. The van der Waals surface area contributed by atoms with Gasteiger partial charge in [-0.05, 0) is 53.5 Å². The Balaban J connectivity index is 1.62. The van der Waals surface area contributed by atoms with Crippen molar-refractivity contribution >= 4 is 11.8 Å². The topological polar surface area (TPSA) is 38.0 Å². The van der Waals surface area contributed by atoms with Crippen LogP contribution < -0.4 is 11.1 Å². The van der Waals surface area contributed by atoms with Crippen molar-refractivity contribution in [3.05, 3.63) is 65.0 Å². The molecule has 114 valence electrons. The van der Waals surface area contributed by atoms with Gasteiger partial charge in [-0.25, -0.2) is 4.39 Å². The lowest BCUT2D eigenvalue weighted by Crippen LogP contribution is -2.28. The number of nitrogens with two attached hydrogens (primary N) is 1. The molecule has 0 spiro atoms. The Labute approximate surface area is 134 Å². The third-order valence-electron chi connectivity index (χ3n) is 4.67. The molecule has 0 saturated carbocycles. The minimum atomic E-state index is -0.156. The molecule has 1 aliphatic heterocycles. The van der Waals surface area contributed by atoms with Crippen molar-refractivity contribution in [2.45, 2.75) is 35.9 Å². The van der Waals surface area contributed by atoms with Crippen LogP contribution in [0.2, 0.25) is 0 Å². The fourth-order valence-corrected chi connectivity index (χ4v) is 4.72. The molecule has 1 aliphatic carbocycles. The first-order valence-corrected chi connectivity index (χ1v) is 8.73. The van der Waals surface area contributed by atoms with Crippen molar-refractivity contribution < 1.29 is 4.39 Å². The van der Waals surface area contributed by atoms with Crippen LogP contribution in [0.4, 0.5) is 4.39 Å². The zero-order valence-corrected chi connectivity index (χ0v) is 13.1. The Kier molecular flexibility index (Phi) is 3.68. The quantitative estimate of drug-likeness (QED) is 0.876. The van der Waals surface area contributed by atoms with Crippen LogP contribution in [0.5, 0.6) is 0 Å². The van der Waals surface area contributed by atoms with E-state index in [0.717, 1.165) is 24.2 Å². The van der Waals surface area contributed by atoms with Gasteiger partial charge in [-0.2, -0.15) is 0 Å². The Bertz CT molecular complexity index is 703. The molecule has 2 aromatic rings. The zero-order valence-electron chi connectivity index (χ0n) is 12.3. The van der Waals surface area contributed by atoms with Gasteiger partial charge in [0.15, 0.2) is 0 Å². The standard InChI is InChI=1S/C18H19FN2S/c19-11-5-6-18-14(9-11)16(7-8-22-18)21-17-10-15(20)12-3-1-2-4-13(12)17/h1-6,9,15-17,21H,7-8,10,20H2. The van der Waals surface area contributed by atoms with Crippen LogP contribution in [0, 0.1) is 5.82 Å². The number of hydrogen-bond donors (Lipinski definition) is 2. The van der Waals surface area contributed by atoms with Gasteiger partial charge in [0.1, 0.15) is 5.82 Å². The van der Waals surface area contributed by atoms with Crippen LogP contribution in [-0.2, 0) is 0 Å². The highest BCUT2D eigenvalue weighted by atomic mass is 32.2. The summed E-state index contributed by atoms with van der Waals surface area (Å²) in [6.07, 6.45) is 1.93. The molecule has 3 unspecified atom stereocenters. The van der Waals surface area contributed by atoms with E-state index in [4.69, 9.17) is 5.73 Å². The molecule has 1 heterocycles. The van der Waals surface area contributed by atoms with Gasteiger partial charge in [-0.1, -0.05) is 24.3 Å². The summed E-state index contributed by atoms with van der Waals surface area (Å²) in [7, 11) is 0. The van der Waals surface area contributed by atoms with Crippen LogP contribution in [0.25, 0.3) is 0 Å². The molecule has 22 heavy (non-hydrogen) atoms. The van der Waals surface area contributed by atoms with Gasteiger partial charge >= 0.3 is 0 Å². The molecule has 0 bridgehead atoms. The van der Waals surface area contributed by atoms with Crippen LogP contribution in [0.15, 0.2) is 47.4 Å². The summed E-state index contributed by atoms with van der Waals surface area (Å²) in [4.78, 5) is 1.20. The number of halogens is 1. The fourth-order valence-electron chi connectivity index (χ4n) is 3.61. The highest BCUT2D eigenvalue weighted by Gasteiger charge is 2.31. The van der Waals surface area contributed by atoms with E-state index in [1.807, 2.05) is 23.9 Å². The average Bonchev–Trinajstić information content (AvgIpc) is 2.85. The Morgan fingerprint density at radius 1 is 1.05 bits per heavy atom. The SMILES string of the molecule is NC1CC(NC2CCSc3ccc(F)cc32)c2ccccc21. The molecule has 2 aromatic carbocycles. The van der Waals surface area contributed by atoms with E-state index in [1.165, 1.54) is 16.0 Å². The van der Waals surface area contributed by atoms with Crippen molar-refractivity contribution in [1.29, 1.82) is 0 Å². The molecule has 2 nitrogen and oxygen atoms in total. The summed E-state index contributed by atoms with van der Waals surface area (Å²) in [6, 6.07) is 14.1. The van der Waals surface area contributed by atoms with Crippen LogP contribution in [-0.4, -0.2) is 5.75 Å². The minimum absolute atomic E-state index is 0.0960. The maximum atomic E-state index is 13.6. The van der Waals surface area contributed by atoms with E-state index in [1.54, 1.807) is 12.1 Å².